The molecule has 7 nitrogen and oxygen atoms in total. The van der Waals surface area contributed by atoms with Crippen molar-refractivity contribution in [2.45, 2.75) is 19.4 Å². The van der Waals surface area contributed by atoms with Crippen molar-refractivity contribution in [1.29, 1.82) is 0 Å². The maximum Gasteiger partial charge on any atom is 0.309 e. The Morgan fingerprint density at radius 3 is 2.43 bits per heavy atom. The lowest BCUT2D eigenvalue weighted by Crippen LogP contribution is -2.31. The summed E-state index contributed by atoms with van der Waals surface area (Å²) in [6.07, 6.45) is 0.0570. The molecule has 1 atom stereocenters. The van der Waals surface area contributed by atoms with Gasteiger partial charge < -0.3 is 24.3 Å². The average Bonchev–Trinajstić information content (AvgIpc) is 2.72. The third-order valence-corrected chi connectivity index (χ3v) is 3.96. The molecule has 2 aromatic carbocycles. The van der Waals surface area contributed by atoms with E-state index in [4.69, 9.17) is 18.9 Å². The lowest BCUT2D eigenvalue weighted by atomic mass is 10.1. The van der Waals surface area contributed by atoms with E-state index in [9.17, 15) is 9.59 Å². The van der Waals surface area contributed by atoms with Gasteiger partial charge in [-0.1, -0.05) is 18.2 Å². The van der Waals surface area contributed by atoms with E-state index >= 15 is 0 Å². The third-order valence-electron chi connectivity index (χ3n) is 3.96. The van der Waals surface area contributed by atoms with Crippen LogP contribution in [0.1, 0.15) is 24.9 Å². The molecule has 0 bridgehead atoms. The zero-order chi connectivity index (χ0) is 20.4. The van der Waals surface area contributed by atoms with Gasteiger partial charge in [-0.05, 0) is 37.3 Å². The number of hydrogen-bond donors (Lipinski definition) is 1. The normalized spacial score (nSPS) is 11.2. The highest BCUT2D eigenvalue weighted by Gasteiger charge is 2.16. The fourth-order valence-corrected chi connectivity index (χ4v) is 2.53. The third kappa shape index (κ3) is 6.50. The summed E-state index contributed by atoms with van der Waals surface area (Å²) in [6.45, 7) is 1.63. The number of rotatable bonds is 10. The molecule has 0 spiro atoms. The Bertz CT molecular complexity index is 778. The van der Waals surface area contributed by atoms with Gasteiger partial charge in [0.05, 0.1) is 33.3 Å². The van der Waals surface area contributed by atoms with E-state index in [0.717, 1.165) is 5.56 Å². The number of hydrogen-bond acceptors (Lipinski definition) is 6. The summed E-state index contributed by atoms with van der Waals surface area (Å²) in [7, 11) is 3.12. The van der Waals surface area contributed by atoms with Crippen molar-refractivity contribution in [3.63, 3.8) is 0 Å². The van der Waals surface area contributed by atoms with Gasteiger partial charge in [0.1, 0.15) is 17.2 Å². The first-order chi connectivity index (χ1) is 13.5. The van der Waals surface area contributed by atoms with Gasteiger partial charge in [-0.15, -0.1) is 0 Å². The standard InChI is InChI=1S/C21H25NO6/c1-15(18-13-17(25-2)9-10-19(18)26-3)22-20(23)14-28-21(24)11-12-27-16-7-5-4-6-8-16/h4-10,13,15H,11-12,14H2,1-3H3,(H,22,23). The van der Waals surface area contributed by atoms with Crippen molar-refractivity contribution < 1.29 is 28.5 Å². The number of carbonyl (C=O) groups is 2. The van der Waals surface area contributed by atoms with Crippen LogP contribution >= 0.6 is 0 Å². The smallest absolute Gasteiger partial charge is 0.309 e. The SMILES string of the molecule is COc1ccc(OC)c(C(C)NC(=O)COC(=O)CCOc2ccccc2)c1. The second kappa shape index (κ2) is 10.8. The van der Waals surface area contributed by atoms with E-state index < -0.39 is 11.9 Å². The molecule has 28 heavy (non-hydrogen) atoms. The largest absolute Gasteiger partial charge is 0.497 e. The molecule has 1 amide bonds. The maximum absolute atomic E-state index is 12.1. The van der Waals surface area contributed by atoms with Crippen molar-refractivity contribution in [2.75, 3.05) is 27.4 Å². The second-order valence-electron chi connectivity index (χ2n) is 5.97. The molecular formula is C21H25NO6. The molecule has 0 aliphatic carbocycles. The van der Waals surface area contributed by atoms with Gasteiger partial charge in [0, 0.05) is 5.56 Å². The molecule has 150 valence electrons. The molecule has 2 rings (SSSR count). The Hall–Kier alpha value is -3.22. The number of esters is 1. The van der Waals surface area contributed by atoms with Crippen LogP contribution in [0.15, 0.2) is 48.5 Å². The van der Waals surface area contributed by atoms with Crippen molar-refractivity contribution in [1.82, 2.24) is 5.32 Å². The van der Waals surface area contributed by atoms with Crippen molar-refractivity contribution >= 4 is 11.9 Å². The van der Waals surface area contributed by atoms with Gasteiger partial charge >= 0.3 is 5.97 Å². The first-order valence-corrected chi connectivity index (χ1v) is 8.88. The van der Waals surface area contributed by atoms with E-state index in [0.29, 0.717) is 17.2 Å². The minimum Gasteiger partial charge on any atom is -0.497 e. The summed E-state index contributed by atoms with van der Waals surface area (Å²) in [4.78, 5) is 23.8. The second-order valence-corrected chi connectivity index (χ2v) is 5.97. The summed E-state index contributed by atoms with van der Waals surface area (Å²) in [5.74, 6) is 1.05. The quantitative estimate of drug-likeness (QED) is 0.631. The number of para-hydroxylation sites is 1. The minimum atomic E-state index is -0.502. The summed E-state index contributed by atoms with van der Waals surface area (Å²) < 4.78 is 20.9. The lowest BCUT2D eigenvalue weighted by molar-refractivity contribution is -0.149. The number of benzene rings is 2. The maximum atomic E-state index is 12.1. The molecule has 0 aliphatic rings. The molecule has 0 aliphatic heterocycles. The first-order valence-electron chi connectivity index (χ1n) is 8.88. The molecular weight excluding hydrogens is 362 g/mol. The summed E-state index contributed by atoms with van der Waals surface area (Å²) >= 11 is 0. The van der Waals surface area contributed by atoms with E-state index in [1.807, 2.05) is 25.1 Å². The summed E-state index contributed by atoms with van der Waals surface area (Å²) in [6, 6.07) is 14.1. The first kappa shape index (κ1) is 21.1. The van der Waals surface area contributed by atoms with Gasteiger partial charge in [0.2, 0.25) is 0 Å². The van der Waals surface area contributed by atoms with Crippen LogP contribution in [0.2, 0.25) is 0 Å². The molecule has 0 saturated carbocycles. The molecule has 1 unspecified atom stereocenters. The Balaban J connectivity index is 1.76. The number of carbonyl (C=O) groups excluding carboxylic acids is 2. The predicted molar refractivity (Wildman–Crippen MR) is 104 cm³/mol. The Labute approximate surface area is 164 Å². The number of amides is 1. The van der Waals surface area contributed by atoms with Crippen LogP contribution in [-0.4, -0.2) is 39.3 Å². The van der Waals surface area contributed by atoms with Crippen LogP contribution in [-0.2, 0) is 14.3 Å². The van der Waals surface area contributed by atoms with Crippen LogP contribution < -0.4 is 19.5 Å². The highest BCUT2D eigenvalue weighted by Crippen LogP contribution is 2.29. The number of ether oxygens (including phenoxy) is 4. The molecule has 0 aromatic heterocycles. The number of methoxy groups -OCH3 is 2. The highest BCUT2D eigenvalue weighted by molar-refractivity contribution is 5.81. The molecule has 2 aromatic rings. The molecule has 0 saturated heterocycles. The molecule has 7 heteroatoms. The summed E-state index contributed by atoms with van der Waals surface area (Å²) in [5.41, 5.74) is 0.762. The van der Waals surface area contributed by atoms with Crippen molar-refractivity contribution in [3.8, 4) is 17.2 Å². The van der Waals surface area contributed by atoms with E-state index in [1.54, 1.807) is 44.6 Å². The Morgan fingerprint density at radius 1 is 1.00 bits per heavy atom. The monoisotopic (exact) mass is 387 g/mol. The molecule has 1 N–H and O–H groups in total. The fraction of sp³-hybridized carbons (Fsp3) is 0.333. The van der Waals surface area contributed by atoms with Gasteiger partial charge in [0.25, 0.3) is 5.91 Å². The molecule has 0 fully saturated rings. The predicted octanol–water partition coefficient (Wildman–Crippen LogP) is 2.89. The highest BCUT2D eigenvalue weighted by atomic mass is 16.5. The lowest BCUT2D eigenvalue weighted by Gasteiger charge is -2.18. The van der Waals surface area contributed by atoms with Crippen molar-refractivity contribution in [3.05, 3.63) is 54.1 Å². The minimum absolute atomic E-state index is 0.0570. The Kier molecular flexibility index (Phi) is 8.14. The topological polar surface area (TPSA) is 83.1 Å². The van der Waals surface area contributed by atoms with Crippen LogP contribution in [0.3, 0.4) is 0 Å². The van der Waals surface area contributed by atoms with E-state index in [2.05, 4.69) is 5.32 Å². The Morgan fingerprint density at radius 2 is 1.75 bits per heavy atom. The van der Waals surface area contributed by atoms with E-state index in [-0.39, 0.29) is 25.7 Å². The molecule has 0 heterocycles. The fourth-order valence-electron chi connectivity index (χ4n) is 2.53. The van der Waals surface area contributed by atoms with Crippen LogP contribution in [0.25, 0.3) is 0 Å². The van der Waals surface area contributed by atoms with Crippen LogP contribution in [0, 0.1) is 0 Å². The van der Waals surface area contributed by atoms with Crippen LogP contribution in [0.4, 0.5) is 0 Å². The summed E-state index contributed by atoms with van der Waals surface area (Å²) in [5, 5.41) is 2.78. The van der Waals surface area contributed by atoms with Crippen LogP contribution in [0.5, 0.6) is 17.2 Å². The van der Waals surface area contributed by atoms with Gasteiger partial charge in [-0.25, -0.2) is 0 Å². The van der Waals surface area contributed by atoms with Gasteiger partial charge in [-0.3, -0.25) is 9.59 Å². The van der Waals surface area contributed by atoms with Gasteiger partial charge in [-0.2, -0.15) is 0 Å². The number of nitrogens with one attached hydrogen (secondary N) is 1. The molecule has 0 radical (unpaired) electrons. The zero-order valence-electron chi connectivity index (χ0n) is 16.3. The van der Waals surface area contributed by atoms with Crippen molar-refractivity contribution in [2.24, 2.45) is 0 Å². The average molecular weight is 387 g/mol. The van der Waals surface area contributed by atoms with E-state index in [1.165, 1.54) is 0 Å². The zero-order valence-corrected chi connectivity index (χ0v) is 16.3. The van der Waals surface area contributed by atoms with Gasteiger partial charge in [0.15, 0.2) is 6.61 Å².